The summed E-state index contributed by atoms with van der Waals surface area (Å²) in [4.78, 5) is 27.4. The Kier molecular flexibility index (Phi) is 12.4. The first kappa shape index (κ1) is 32.4. The van der Waals surface area contributed by atoms with Crippen molar-refractivity contribution in [2.75, 3.05) is 16.9 Å². The molecule has 0 saturated carbocycles. The number of carboxylic acids is 1. The molecule has 5 nitrogen and oxygen atoms in total. The molecule has 0 bridgehead atoms. The number of nitrogens with zero attached hydrogens (tertiary/aromatic N) is 1. The number of amides is 1. The van der Waals surface area contributed by atoms with Gasteiger partial charge < -0.3 is 20.1 Å². The Bertz CT molecular complexity index is 1450. The van der Waals surface area contributed by atoms with Crippen LogP contribution >= 0.6 is 23.4 Å². The van der Waals surface area contributed by atoms with Crippen LogP contribution in [0.5, 0.6) is 0 Å². The van der Waals surface area contributed by atoms with E-state index in [-0.39, 0.29) is 18.9 Å². The van der Waals surface area contributed by atoms with Crippen LogP contribution in [0.1, 0.15) is 33.5 Å². The Labute approximate surface area is 263 Å². The van der Waals surface area contributed by atoms with Gasteiger partial charge in [0.25, 0.3) is 5.91 Å². The van der Waals surface area contributed by atoms with Crippen molar-refractivity contribution in [3.05, 3.63) is 124 Å². The molecular formula is C33H32ClLiN2O3S. The normalized spacial score (nSPS) is 11.3. The molecule has 0 fully saturated rings. The first-order valence-electron chi connectivity index (χ1n) is 13.1. The molecule has 0 saturated heterocycles. The van der Waals surface area contributed by atoms with Gasteiger partial charge >= 0.3 is 18.9 Å². The van der Waals surface area contributed by atoms with Crippen LogP contribution in [0.2, 0.25) is 5.02 Å². The number of carbonyl (C=O) groups excluding carboxylic acids is 2. The molecule has 0 spiro atoms. The standard InChI is InChI=1S/C33H33ClN2O3S.Li/c1-23-8-6-7-11-28(23)30-20-25(12-17-29(30)32(37)35-31(33(38)39)18-19-40-2)22-36(21-24-9-4-3-5-10-24)27-15-13-26(34)14-16-27;/h3-17,20,31H,18-19,21-22H2,1-2H3,(H,35,37)(H,38,39);/q;+1/p-1. The second-order valence-corrected chi connectivity index (χ2v) is 11.1. The summed E-state index contributed by atoms with van der Waals surface area (Å²) in [6.45, 7) is 3.28. The number of hydrogen-bond donors (Lipinski definition) is 1. The summed E-state index contributed by atoms with van der Waals surface area (Å²) in [6, 6.07) is 30.6. The van der Waals surface area contributed by atoms with E-state index in [1.165, 1.54) is 17.3 Å². The molecule has 0 radical (unpaired) electrons. The van der Waals surface area contributed by atoms with Crippen molar-refractivity contribution in [1.29, 1.82) is 0 Å². The molecule has 206 valence electrons. The van der Waals surface area contributed by atoms with Crippen LogP contribution in [0.4, 0.5) is 5.69 Å². The first-order valence-corrected chi connectivity index (χ1v) is 14.9. The average Bonchev–Trinajstić information content (AvgIpc) is 2.96. The molecule has 0 aliphatic heterocycles. The molecule has 4 rings (SSSR count). The van der Waals surface area contributed by atoms with Gasteiger partial charge in [-0.1, -0.05) is 72.3 Å². The van der Waals surface area contributed by atoms with Gasteiger partial charge in [0.15, 0.2) is 0 Å². The smallest absolute Gasteiger partial charge is 0.548 e. The largest absolute Gasteiger partial charge is 1.00 e. The fourth-order valence-corrected chi connectivity index (χ4v) is 5.22. The summed E-state index contributed by atoms with van der Waals surface area (Å²) >= 11 is 7.70. The topological polar surface area (TPSA) is 72.5 Å². The van der Waals surface area contributed by atoms with E-state index in [0.29, 0.717) is 35.8 Å². The van der Waals surface area contributed by atoms with Gasteiger partial charge in [-0.05, 0) is 89.6 Å². The number of carbonyl (C=O) groups is 2. The minimum absolute atomic E-state index is 0. The van der Waals surface area contributed by atoms with Gasteiger partial charge in [0, 0.05) is 29.4 Å². The van der Waals surface area contributed by atoms with Crippen molar-refractivity contribution in [3.8, 4) is 11.1 Å². The van der Waals surface area contributed by atoms with Gasteiger partial charge in [-0.3, -0.25) is 4.79 Å². The summed E-state index contributed by atoms with van der Waals surface area (Å²) in [5.74, 6) is -1.11. The molecule has 1 unspecified atom stereocenters. The second kappa shape index (κ2) is 15.7. The minimum atomic E-state index is -1.28. The van der Waals surface area contributed by atoms with Gasteiger partial charge in [0.2, 0.25) is 0 Å². The Hall–Kier alpha value is -3.14. The molecule has 0 aliphatic carbocycles. The molecule has 0 aromatic heterocycles. The predicted octanol–water partition coefficient (Wildman–Crippen LogP) is 3.13. The summed E-state index contributed by atoms with van der Waals surface area (Å²) in [5, 5.41) is 15.1. The van der Waals surface area contributed by atoms with Crippen LogP contribution < -0.4 is 34.2 Å². The molecule has 41 heavy (non-hydrogen) atoms. The first-order chi connectivity index (χ1) is 19.4. The molecular weight excluding hydrogens is 547 g/mol. The van der Waals surface area contributed by atoms with E-state index < -0.39 is 17.9 Å². The van der Waals surface area contributed by atoms with Gasteiger partial charge in [0.05, 0.1) is 12.0 Å². The van der Waals surface area contributed by atoms with Crippen molar-refractivity contribution in [1.82, 2.24) is 5.32 Å². The molecule has 0 aliphatic rings. The SMILES string of the molecule is CSCCC(NC(=O)c1ccc(CN(Cc2ccccc2)c2ccc(Cl)cc2)cc1-c1ccccc1C)C(=O)[O-].[Li+]. The Balaban J connectivity index is 0.00000462. The molecule has 4 aromatic rings. The number of aliphatic carboxylic acids is 1. The van der Waals surface area contributed by atoms with Gasteiger partial charge in [-0.15, -0.1) is 0 Å². The Morgan fingerprint density at radius 1 is 0.878 bits per heavy atom. The number of anilines is 1. The summed E-state index contributed by atoms with van der Waals surface area (Å²) in [5.41, 5.74) is 6.33. The van der Waals surface area contributed by atoms with Crippen LogP contribution in [-0.2, 0) is 17.9 Å². The van der Waals surface area contributed by atoms with E-state index in [0.717, 1.165) is 27.9 Å². The third kappa shape index (κ3) is 8.92. The van der Waals surface area contributed by atoms with Crippen LogP contribution in [0, 0.1) is 6.92 Å². The fourth-order valence-electron chi connectivity index (χ4n) is 4.62. The monoisotopic (exact) mass is 578 g/mol. The van der Waals surface area contributed by atoms with E-state index in [4.69, 9.17) is 11.6 Å². The third-order valence-corrected chi connectivity index (χ3v) is 7.64. The number of rotatable bonds is 12. The summed E-state index contributed by atoms with van der Waals surface area (Å²) in [6.07, 6.45) is 2.19. The van der Waals surface area contributed by atoms with E-state index in [1.807, 2.05) is 92.0 Å². The maximum atomic E-state index is 13.4. The van der Waals surface area contributed by atoms with Crippen LogP contribution in [0.25, 0.3) is 11.1 Å². The van der Waals surface area contributed by atoms with E-state index in [1.54, 1.807) is 6.07 Å². The zero-order valence-corrected chi connectivity index (χ0v) is 25.2. The van der Waals surface area contributed by atoms with Crippen molar-refractivity contribution in [2.24, 2.45) is 0 Å². The zero-order valence-electron chi connectivity index (χ0n) is 23.6. The molecule has 4 aromatic carbocycles. The fraction of sp³-hybridized carbons (Fsp3) is 0.212. The molecule has 1 atom stereocenters. The maximum Gasteiger partial charge on any atom is 1.00 e. The summed E-state index contributed by atoms with van der Waals surface area (Å²) < 4.78 is 0. The second-order valence-electron chi connectivity index (χ2n) is 9.64. The van der Waals surface area contributed by atoms with Crippen molar-refractivity contribution >= 4 is 40.9 Å². The molecule has 1 N–H and O–H groups in total. The quantitative estimate of drug-likeness (QED) is 0.262. The maximum absolute atomic E-state index is 13.4. The number of carboxylic acid groups (broad SMARTS) is 1. The van der Waals surface area contributed by atoms with Crippen LogP contribution in [0.15, 0.2) is 97.1 Å². The average molecular weight is 579 g/mol. The van der Waals surface area contributed by atoms with Gasteiger partial charge in [-0.2, -0.15) is 11.8 Å². The molecule has 8 heteroatoms. The predicted molar refractivity (Wildman–Crippen MR) is 164 cm³/mol. The zero-order chi connectivity index (χ0) is 28.5. The Morgan fingerprint density at radius 2 is 1.54 bits per heavy atom. The summed E-state index contributed by atoms with van der Waals surface area (Å²) in [7, 11) is 0. The number of aryl methyl sites for hydroxylation is 1. The van der Waals surface area contributed by atoms with E-state index >= 15 is 0 Å². The number of hydrogen-bond acceptors (Lipinski definition) is 5. The number of thioether (sulfide) groups is 1. The van der Waals surface area contributed by atoms with E-state index in [2.05, 4.69) is 22.3 Å². The molecule has 0 heterocycles. The van der Waals surface area contributed by atoms with Crippen LogP contribution in [-0.4, -0.2) is 29.9 Å². The van der Waals surface area contributed by atoms with Gasteiger partial charge in [-0.25, -0.2) is 0 Å². The van der Waals surface area contributed by atoms with Gasteiger partial charge in [0.1, 0.15) is 0 Å². The van der Waals surface area contributed by atoms with Crippen molar-refractivity contribution in [3.63, 3.8) is 0 Å². The number of benzene rings is 4. The van der Waals surface area contributed by atoms with Crippen LogP contribution in [0.3, 0.4) is 0 Å². The Morgan fingerprint density at radius 3 is 2.20 bits per heavy atom. The van der Waals surface area contributed by atoms with Crippen molar-refractivity contribution in [2.45, 2.75) is 32.5 Å². The van der Waals surface area contributed by atoms with E-state index in [9.17, 15) is 14.7 Å². The van der Waals surface area contributed by atoms with Crippen molar-refractivity contribution < 1.29 is 33.6 Å². The number of halogens is 1. The third-order valence-electron chi connectivity index (χ3n) is 6.75. The minimum Gasteiger partial charge on any atom is -0.548 e. The molecule has 1 amide bonds. The number of nitrogens with one attached hydrogen (secondary N) is 1.